The minimum Gasteiger partial charge on any atom is -0.466 e. The molecule has 1 fully saturated rings. The fourth-order valence-corrected chi connectivity index (χ4v) is 1.70. The van der Waals surface area contributed by atoms with Gasteiger partial charge in [0, 0.05) is 0 Å². The van der Waals surface area contributed by atoms with E-state index in [0.717, 1.165) is 11.5 Å². The Labute approximate surface area is 90.3 Å². The van der Waals surface area contributed by atoms with E-state index < -0.39 is 0 Å². The molecule has 2 nitrogen and oxygen atoms in total. The predicted molar refractivity (Wildman–Crippen MR) is 58.8 cm³/mol. The van der Waals surface area contributed by atoms with Gasteiger partial charge in [-0.25, -0.2) is 0 Å². The van der Waals surface area contributed by atoms with Crippen molar-refractivity contribution < 1.29 is 9.53 Å². The SMILES string of the molecule is CCOC(=O)Cc1ccc(C2CC2)cc1. The number of esters is 1. The fourth-order valence-electron chi connectivity index (χ4n) is 1.70. The average molecular weight is 204 g/mol. The molecule has 2 rings (SSSR count). The van der Waals surface area contributed by atoms with Crippen molar-refractivity contribution in [1.82, 2.24) is 0 Å². The zero-order valence-corrected chi connectivity index (χ0v) is 9.03. The molecule has 0 heterocycles. The van der Waals surface area contributed by atoms with E-state index >= 15 is 0 Å². The number of ether oxygens (including phenoxy) is 1. The first-order valence-electron chi connectivity index (χ1n) is 5.54. The summed E-state index contributed by atoms with van der Waals surface area (Å²) in [6.07, 6.45) is 3.02. The summed E-state index contributed by atoms with van der Waals surface area (Å²) >= 11 is 0. The van der Waals surface area contributed by atoms with E-state index in [1.165, 1.54) is 18.4 Å². The Morgan fingerprint density at radius 3 is 2.53 bits per heavy atom. The molecule has 1 aromatic rings. The van der Waals surface area contributed by atoms with Crippen molar-refractivity contribution in [3.63, 3.8) is 0 Å². The number of benzene rings is 1. The van der Waals surface area contributed by atoms with Crippen LogP contribution in [0, 0.1) is 0 Å². The van der Waals surface area contributed by atoms with Crippen LogP contribution >= 0.6 is 0 Å². The van der Waals surface area contributed by atoms with Crippen LogP contribution in [0.25, 0.3) is 0 Å². The van der Waals surface area contributed by atoms with Crippen molar-refractivity contribution in [3.8, 4) is 0 Å². The molecular formula is C13H16O2. The summed E-state index contributed by atoms with van der Waals surface area (Å²) in [5.74, 6) is 0.637. The maximum Gasteiger partial charge on any atom is 0.310 e. The molecule has 0 radical (unpaired) electrons. The molecule has 0 aromatic heterocycles. The van der Waals surface area contributed by atoms with Crippen molar-refractivity contribution in [2.24, 2.45) is 0 Å². The van der Waals surface area contributed by atoms with Gasteiger partial charge in [-0.3, -0.25) is 4.79 Å². The molecule has 0 amide bonds. The van der Waals surface area contributed by atoms with Gasteiger partial charge in [-0.05, 0) is 36.8 Å². The second kappa shape index (κ2) is 4.47. The van der Waals surface area contributed by atoms with Crippen LogP contribution in [0.1, 0.15) is 36.8 Å². The fraction of sp³-hybridized carbons (Fsp3) is 0.462. The molecule has 0 atom stereocenters. The molecule has 1 aromatic carbocycles. The predicted octanol–water partition coefficient (Wildman–Crippen LogP) is 2.67. The highest BCUT2D eigenvalue weighted by molar-refractivity contribution is 5.72. The van der Waals surface area contributed by atoms with Crippen LogP contribution in [-0.2, 0) is 16.0 Å². The van der Waals surface area contributed by atoms with Crippen molar-refractivity contribution in [3.05, 3.63) is 35.4 Å². The van der Waals surface area contributed by atoms with Gasteiger partial charge in [-0.15, -0.1) is 0 Å². The van der Waals surface area contributed by atoms with Crippen LogP contribution in [0.5, 0.6) is 0 Å². The van der Waals surface area contributed by atoms with Gasteiger partial charge in [0.05, 0.1) is 13.0 Å². The van der Waals surface area contributed by atoms with Gasteiger partial charge in [0.2, 0.25) is 0 Å². The number of rotatable bonds is 4. The molecule has 1 saturated carbocycles. The molecule has 0 bridgehead atoms. The van der Waals surface area contributed by atoms with Crippen molar-refractivity contribution >= 4 is 5.97 Å². The zero-order chi connectivity index (χ0) is 10.7. The standard InChI is InChI=1S/C13H16O2/c1-2-15-13(14)9-10-3-5-11(6-4-10)12-7-8-12/h3-6,12H,2,7-9H2,1H3. The summed E-state index contributed by atoms with van der Waals surface area (Å²) in [4.78, 5) is 11.2. The maximum absolute atomic E-state index is 11.2. The number of carbonyl (C=O) groups excluding carboxylic acids is 1. The molecule has 0 unspecified atom stereocenters. The van der Waals surface area contributed by atoms with Gasteiger partial charge in [-0.2, -0.15) is 0 Å². The molecule has 0 aliphatic heterocycles. The van der Waals surface area contributed by atoms with Crippen LogP contribution in [-0.4, -0.2) is 12.6 Å². The van der Waals surface area contributed by atoms with E-state index in [2.05, 4.69) is 12.1 Å². The summed E-state index contributed by atoms with van der Waals surface area (Å²) in [7, 11) is 0. The van der Waals surface area contributed by atoms with Gasteiger partial charge >= 0.3 is 5.97 Å². The third-order valence-electron chi connectivity index (χ3n) is 2.68. The summed E-state index contributed by atoms with van der Waals surface area (Å²) in [5.41, 5.74) is 2.44. The van der Waals surface area contributed by atoms with Crippen LogP contribution in [0.4, 0.5) is 0 Å². The summed E-state index contributed by atoms with van der Waals surface area (Å²) in [5, 5.41) is 0. The first kappa shape index (κ1) is 10.2. The summed E-state index contributed by atoms with van der Waals surface area (Å²) < 4.78 is 4.90. The van der Waals surface area contributed by atoms with E-state index in [4.69, 9.17) is 4.74 Å². The van der Waals surface area contributed by atoms with Crippen LogP contribution < -0.4 is 0 Å². The smallest absolute Gasteiger partial charge is 0.310 e. The van der Waals surface area contributed by atoms with Crippen molar-refractivity contribution in [2.75, 3.05) is 6.61 Å². The van der Waals surface area contributed by atoms with Gasteiger partial charge in [-0.1, -0.05) is 24.3 Å². The molecule has 1 aliphatic rings. The molecule has 0 spiro atoms. The molecular weight excluding hydrogens is 188 g/mol. The van der Waals surface area contributed by atoms with E-state index in [1.54, 1.807) is 0 Å². The van der Waals surface area contributed by atoms with Gasteiger partial charge in [0.15, 0.2) is 0 Å². The topological polar surface area (TPSA) is 26.3 Å². The minimum absolute atomic E-state index is 0.142. The third kappa shape index (κ3) is 2.82. The highest BCUT2D eigenvalue weighted by Gasteiger charge is 2.22. The lowest BCUT2D eigenvalue weighted by molar-refractivity contribution is -0.142. The van der Waals surface area contributed by atoms with Crippen molar-refractivity contribution in [2.45, 2.75) is 32.1 Å². The lowest BCUT2D eigenvalue weighted by Crippen LogP contribution is -2.07. The second-order valence-corrected chi connectivity index (χ2v) is 4.00. The van der Waals surface area contributed by atoms with Gasteiger partial charge in [0.1, 0.15) is 0 Å². The van der Waals surface area contributed by atoms with Crippen LogP contribution in [0.2, 0.25) is 0 Å². The summed E-state index contributed by atoms with van der Waals surface area (Å²) in [6.45, 7) is 2.28. The Balaban J connectivity index is 1.94. The Hall–Kier alpha value is -1.31. The summed E-state index contributed by atoms with van der Waals surface area (Å²) in [6, 6.07) is 8.33. The Kier molecular flexibility index (Phi) is 3.05. The Morgan fingerprint density at radius 2 is 2.00 bits per heavy atom. The monoisotopic (exact) mass is 204 g/mol. The third-order valence-corrected chi connectivity index (χ3v) is 2.68. The number of hydrogen-bond acceptors (Lipinski definition) is 2. The molecule has 0 saturated heterocycles. The van der Waals surface area contributed by atoms with Crippen LogP contribution in [0.3, 0.4) is 0 Å². The normalized spacial score (nSPS) is 15.0. The quantitative estimate of drug-likeness (QED) is 0.705. The largest absolute Gasteiger partial charge is 0.466 e. The zero-order valence-electron chi connectivity index (χ0n) is 9.03. The molecule has 1 aliphatic carbocycles. The van der Waals surface area contributed by atoms with E-state index in [9.17, 15) is 4.79 Å². The lowest BCUT2D eigenvalue weighted by Gasteiger charge is -2.03. The van der Waals surface area contributed by atoms with Crippen LogP contribution in [0.15, 0.2) is 24.3 Å². The second-order valence-electron chi connectivity index (χ2n) is 4.00. The number of hydrogen-bond donors (Lipinski definition) is 0. The van der Waals surface area contributed by atoms with E-state index in [-0.39, 0.29) is 5.97 Å². The van der Waals surface area contributed by atoms with Gasteiger partial charge in [0.25, 0.3) is 0 Å². The molecule has 80 valence electrons. The lowest BCUT2D eigenvalue weighted by atomic mass is 10.1. The highest BCUT2D eigenvalue weighted by Crippen LogP contribution is 2.39. The van der Waals surface area contributed by atoms with E-state index in [1.807, 2.05) is 19.1 Å². The highest BCUT2D eigenvalue weighted by atomic mass is 16.5. The molecule has 15 heavy (non-hydrogen) atoms. The van der Waals surface area contributed by atoms with Gasteiger partial charge < -0.3 is 4.74 Å². The first-order chi connectivity index (χ1) is 7.29. The number of carbonyl (C=O) groups is 1. The van der Waals surface area contributed by atoms with Crippen molar-refractivity contribution in [1.29, 1.82) is 0 Å². The van der Waals surface area contributed by atoms with E-state index in [0.29, 0.717) is 13.0 Å². The molecule has 2 heteroatoms. The first-order valence-corrected chi connectivity index (χ1v) is 5.54. The molecule has 0 N–H and O–H groups in total. The maximum atomic E-state index is 11.2. The Bertz CT molecular complexity index is 336. The minimum atomic E-state index is -0.142. The average Bonchev–Trinajstić information content (AvgIpc) is 3.03. The Morgan fingerprint density at radius 1 is 1.33 bits per heavy atom.